The zero-order valence-electron chi connectivity index (χ0n) is 15.9. The van der Waals surface area contributed by atoms with Crippen molar-refractivity contribution in [2.45, 2.75) is 116 Å². The first-order valence-corrected chi connectivity index (χ1v) is 10.0. The van der Waals surface area contributed by atoms with Crippen LogP contribution in [0.25, 0.3) is 0 Å². The molecule has 0 atom stereocenters. The van der Waals surface area contributed by atoms with E-state index in [0.29, 0.717) is 0 Å². The van der Waals surface area contributed by atoms with Crippen LogP contribution < -0.4 is 5.32 Å². The summed E-state index contributed by atoms with van der Waals surface area (Å²) in [4.78, 5) is 0. The van der Waals surface area contributed by atoms with E-state index in [1.807, 2.05) is 6.08 Å². The van der Waals surface area contributed by atoms with E-state index in [9.17, 15) is 0 Å². The minimum absolute atomic E-state index is 0.0938. The van der Waals surface area contributed by atoms with Crippen LogP contribution >= 0.6 is 0 Å². The molecule has 0 aliphatic carbocycles. The van der Waals surface area contributed by atoms with E-state index < -0.39 is 0 Å². The number of hydrogen-bond acceptors (Lipinski definition) is 1. The van der Waals surface area contributed by atoms with Gasteiger partial charge in [-0.2, -0.15) is 0 Å². The monoisotopic (exact) mass is 309 g/mol. The molecule has 0 aromatic heterocycles. The van der Waals surface area contributed by atoms with Crippen LogP contribution in [0.4, 0.5) is 0 Å². The Morgan fingerprint density at radius 2 is 1.05 bits per heavy atom. The second kappa shape index (κ2) is 15.6. The Balaban J connectivity index is 3.07. The largest absolute Gasteiger partial charge is 0.308 e. The van der Waals surface area contributed by atoms with Crippen LogP contribution in [0.15, 0.2) is 12.7 Å². The molecule has 0 radical (unpaired) electrons. The zero-order valence-corrected chi connectivity index (χ0v) is 15.9. The van der Waals surface area contributed by atoms with Crippen LogP contribution in [0.3, 0.4) is 0 Å². The number of hydrogen-bond donors (Lipinski definition) is 1. The van der Waals surface area contributed by atoms with E-state index in [0.717, 1.165) is 6.54 Å². The van der Waals surface area contributed by atoms with Gasteiger partial charge in [0.1, 0.15) is 0 Å². The molecule has 132 valence electrons. The van der Waals surface area contributed by atoms with Crippen molar-refractivity contribution >= 4 is 0 Å². The maximum Gasteiger partial charge on any atom is 0.0304 e. The molecule has 1 nitrogen and oxygen atoms in total. The van der Waals surface area contributed by atoms with Crippen LogP contribution in [0, 0.1) is 0 Å². The van der Waals surface area contributed by atoms with Gasteiger partial charge in [-0.3, -0.25) is 0 Å². The Bertz CT molecular complexity index is 232. The Morgan fingerprint density at radius 3 is 1.41 bits per heavy atom. The Morgan fingerprint density at radius 1 is 0.682 bits per heavy atom. The van der Waals surface area contributed by atoms with Gasteiger partial charge in [-0.1, -0.05) is 96.5 Å². The van der Waals surface area contributed by atoms with Crippen molar-refractivity contribution in [2.75, 3.05) is 6.54 Å². The molecule has 1 heteroatoms. The molecule has 0 saturated carbocycles. The molecule has 1 N–H and O–H groups in total. The van der Waals surface area contributed by atoms with Crippen molar-refractivity contribution in [3.8, 4) is 0 Å². The first kappa shape index (κ1) is 21.7. The lowest BCUT2D eigenvalue weighted by atomic mass is 10.0. The molecule has 0 aromatic carbocycles. The summed E-state index contributed by atoms with van der Waals surface area (Å²) in [7, 11) is 0. The topological polar surface area (TPSA) is 12.0 Å². The van der Waals surface area contributed by atoms with Crippen LogP contribution in [0.5, 0.6) is 0 Å². The quantitative estimate of drug-likeness (QED) is 0.225. The van der Waals surface area contributed by atoms with E-state index in [1.165, 1.54) is 89.9 Å². The standard InChI is InChI=1S/C21H43N/c1-5-7-8-9-10-11-12-13-14-15-16-17-18-19-20-22-21(3,4)6-2/h6,22H,2,5,7-20H2,1,3-4H3. The second-order valence-corrected chi connectivity index (χ2v) is 7.45. The van der Waals surface area contributed by atoms with Gasteiger partial charge in [0.15, 0.2) is 0 Å². The van der Waals surface area contributed by atoms with Crippen molar-refractivity contribution in [3.63, 3.8) is 0 Å². The molecule has 0 spiro atoms. The minimum atomic E-state index is 0.0938. The molecule has 0 bridgehead atoms. The fourth-order valence-electron chi connectivity index (χ4n) is 2.80. The fourth-order valence-corrected chi connectivity index (χ4v) is 2.80. The van der Waals surface area contributed by atoms with E-state index in [1.54, 1.807) is 0 Å². The molecule has 0 rings (SSSR count). The lowest BCUT2D eigenvalue weighted by Crippen LogP contribution is -2.37. The SMILES string of the molecule is C=CC(C)(C)NCCCCCCCCCCCCCCCC. The summed E-state index contributed by atoms with van der Waals surface area (Å²) in [5.41, 5.74) is 0.0938. The van der Waals surface area contributed by atoms with E-state index >= 15 is 0 Å². The Labute approximate surface area is 141 Å². The van der Waals surface area contributed by atoms with Gasteiger partial charge < -0.3 is 5.32 Å². The van der Waals surface area contributed by atoms with Gasteiger partial charge in [0.05, 0.1) is 0 Å². The second-order valence-electron chi connectivity index (χ2n) is 7.45. The van der Waals surface area contributed by atoms with Crippen LogP contribution in [0.1, 0.15) is 111 Å². The molecule has 22 heavy (non-hydrogen) atoms. The van der Waals surface area contributed by atoms with Crippen molar-refractivity contribution in [1.82, 2.24) is 5.32 Å². The van der Waals surface area contributed by atoms with Crippen molar-refractivity contribution in [1.29, 1.82) is 0 Å². The lowest BCUT2D eigenvalue weighted by molar-refractivity contribution is 0.456. The lowest BCUT2D eigenvalue weighted by Gasteiger charge is -2.21. The average Bonchev–Trinajstić information content (AvgIpc) is 2.51. The third-order valence-electron chi connectivity index (χ3n) is 4.62. The third-order valence-corrected chi connectivity index (χ3v) is 4.62. The van der Waals surface area contributed by atoms with Gasteiger partial charge in [0.25, 0.3) is 0 Å². The van der Waals surface area contributed by atoms with Crippen LogP contribution in [-0.4, -0.2) is 12.1 Å². The molecule has 0 aromatic rings. The Kier molecular flexibility index (Phi) is 15.4. The van der Waals surface area contributed by atoms with Crippen molar-refractivity contribution < 1.29 is 0 Å². The molecule has 0 aliphatic heterocycles. The average molecular weight is 310 g/mol. The smallest absolute Gasteiger partial charge is 0.0304 e. The van der Waals surface area contributed by atoms with Gasteiger partial charge in [-0.05, 0) is 26.8 Å². The molecule has 0 heterocycles. The number of rotatable bonds is 17. The predicted octanol–water partition coefficient (Wildman–Crippen LogP) is 7.02. The van der Waals surface area contributed by atoms with Crippen LogP contribution in [0.2, 0.25) is 0 Å². The molecular formula is C21H43N. The van der Waals surface area contributed by atoms with Crippen molar-refractivity contribution in [3.05, 3.63) is 12.7 Å². The van der Waals surface area contributed by atoms with Gasteiger partial charge in [0, 0.05) is 5.54 Å². The fraction of sp³-hybridized carbons (Fsp3) is 0.905. The predicted molar refractivity (Wildman–Crippen MR) is 103 cm³/mol. The Hall–Kier alpha value is -0.300. The summed E-state index contributed by atoms with van der Waals surface area (Å²) < 4.78 is 0. The molecule has 0 saturated heterocycles. The molecular weight excluding hydrogens is 266 g/mol. The number of nitrogens with one attached hydrogen (secondary N) is 1. The summed E-state index contributed by atoms with van der Waals surface area (Å²) >= 11 is 0. The van der Waals surface area contributed by atoms with E-state index in [4.69, 9.17) is 0 Å². The highest BCUT2D eigenvalue weighted by Crippen LogP contribution is 2.13. The molecule has 0 aliphatic rings. The summed E-state index contributed by atoms with van der Waals surface area (Å²) in [6.45, 7) is 11.6. The maximum absolute atomic E-state index is 3.86. The van der Waals surface area contributed by atoms with E-state index in [-0.39, 0.29) is 5.54 Å². The normalized spacial score (nSPS) is 11.8. The molecule has 0 unspecified atom stereocenters. The van der Waals surface area contributed by atoms with Gasteiger partial charge in [-0.25, -0.2) is 0 Å². The van der Waals surface area contributed by atoms with Gasteiger partial charge in [0.2, 0.25) is 0 Å². The highest BCUT2D eigenvalue weighted by Gasteiger charge is 2.09. The van der Waals surface area contributed by atoms with Crippen molar-refractivity contribution in [2.24, 2.45) is 0 Å². The third kappa shape index (κ3) is 16.1. The van der Waals surface area contributed by atoms with Gasteiger partial charge >= 0.3 is 0 Å². The minimum Gasteiger partial charge on any atom is -0.308 e. The van der Waals surface area contributed by atoms with E-state index in [2.05, 4.69) is 32.7 Å². The molecule has 0 fully saturated rings. The number of unbranched alkanes of at least 4 members (excludes halogenated alkanes) is 13. The van der Waals surface area contributed by atoms with Crippen LogP contribution in [-0.2, 0) is 0 Å². The highest BCUT2D eigenvalue weighted by molar-refractivity contribution is 4.94. The first-order chi connectivity index (χ1) is 10.6. The summed E-state index contributed by atoms with van der Waals surface area (Å²) in [5, 5.41) is 3.53. The summed E-state index contributed by atoms with van der Waals surface area (Å²) in [5.74, 6) is 0. The molecule has 0 amide bonds. The summed E-state index contributed by atoms with van der Waals surface area (Å²) in [6.07, 6.45) is 22.0. The van der Waals surface area contributed by atoms with Gasteiger partial charge in [-0.15, -0.1) is 6.58 Å². The first-order valence-electron chi connectivity index (χ1n) is 10.0. The highest BCUT2D eigenvalue weighted by atomic mass is 14.9. The maximum atomic E-state index is 3.86. The summed E-state index contributed by atoms with van der Waals surface area (Å²) in [6, 6.07) is 0. The zero-order chi connectivity index (χ0) is 16.5.